The Morgan fingerprint density at radius 3 is 2.64 bits per heavy atom. The summed E-state index contributed by atoms with van der Waals surface area (Å²) in [6, 6.07) is 1.90. The van der Waals surface area contributed by atoms with E-state index >= 15 is 0 Å². The van der Waals surface area contributed by atoms with Gasteiger partial charge in [-0.3, -0.25) is 25.2 Å². The van der Waals surface area contributed by atoms with Crippen molar-refractivity contribution in [1.29, 1.82) is 0 Å². The van der Waals surface area contributed by atoms with E-state index in [-0.39, 0.29) is 24.6 Å². The summed E-state index contributed by atoms with van der Waals surface area (Å²) in [5.74, 6) is -0.913. The lowest BCUT2D eigenvalue weighted by Crippen LogP contribution is -2.52. The molecule has 8 heteroatoms. The third-order valence-corrected chi connectivity index (χ3v) is 4.49. The van der Waals surface area contributed by atoms with Gasteiger partial charge in [0.05, 0.1) is 11.2 Å². The molecule has 134 valence electrons. The van der Waals surface area contributed by atoms with Gasteiger partial charge < -0.3 is 14.4 Å². The molecule has 0 atom stereocenters. The van der Waals surface area contributed by atoms with E-state index in [2.05, 4.69) is 15.6 Å². The van der Waals surface area contributed by atoms with Gasteiger partial charge in [-0.25, -0.2) is 0 Å². The van der Waals surface area contributed by atoms with Crippen molar-refractivity contribution in [2.75, 3.05) is 20.2 Å². The summed E-state index contributed by atoms with van der Waals surface area (Å²) in [6.07, 6.45) is 1.43. The average molecular weight is 346 g/mol. The predicted octanol–water partition coefficient (Wildman–Crippen LogP) is 0.838. The highest BCUT2D eigenvalue weighted by Crippen LogP contribution is 2.28. The molecule has 1 fully saturated rings. The molecule has 3 N–H and O–H groups in total. The number of fused-ring (bicyclic) bond motifs is 1. The molecule has 1 aliphatic heterocycles. The second kappa shape index (κ2) is 6.91. The van der Waals surface area contributed by atoms with Crippen molar-refractivity contribution in [3.05, 3.63) is 29.2 Å². The SMILES string of the molecule is COC1NCC(c2cc3c(C(C)=O)cn(CC(=O)O)c3c(C)n2)CN1. The average Bonchev–Trinajstić information content (AvgIpc) is 2.93. The number of nitrogens with zero attached hydrogens (tertiary/aromatic N) is 2. The molecular formula is C17H22N4O4. The molecule has 0 spiro atoms. The number of methoxy groups -OCH3 is 1. The number of hydrogen-bond acceptors (Lipinski definition) is 6. The molecule has 0 saturated carbocycles. The minimum Gasteiger partial charge on any atom is -0.480 e. The fraction of sp³-hybridized carbons (Fsp3) is 0.471. The molecule has 0 aliphatic carbocycles. The van der Waals surface area contributed by atoms with Gasteiger partial charge in [0.25, 0.3) is 0 Å². The number of rotatable bonds is 5. The zero-order valence-corrected chi connectivity index (χ0v) is 14.5. The van der Waals surface area contributed by atoms with Crippen LogP contribution in [0.25, 0.3) is 10.9 Å². The number of carboxylic acid groups (broad SMARTS) is 1. The highest BCUT2D eigenvalue weighted by Gasteiger charge is 2.24. The van der Waals surface area contributed by atoms with Crippen LogP contribution in [0.4, 0.5) is 0 Å². The largest absolute Gasteiger partial charge is 0.480 e. The highest BCUT2D eigenvalue weighted by atomic mass is 16.5. The first-order chi connectivity index (χ1) is 11.9. The molecule has 1 saturated heterocycles. The number of carboxylic acids is 1. The van der Waals surface area contributed by atoms with E-state index in [1.165, 1.54) is 6.92 Å². The van der Waals surface area contributed by atoms with E-state index in [0.29, 0.717) is 24.2 Å². The number of aliphatic carboxylic acids is 1. The van der Waals surface area contributed by atoms with Crippen molar-refractivity contribution in [1.82, 2.24) is 20.2 Å². The first kappa shape index (κ1) is 17.5. The summed E-state index contributed by atoms with van der Waals surface area (Å²) in [5, 5.41) is 16.3. The molecule has 2 aromatic rings. The molecule has 0 amide bonds. The summed E-state index contributed by atoms with van der Waals surface area (Å²) < 4.78 is 6.80. The van der Waals surface area contributed by atoms with Crippen molar-refractivity contribution in [2.45, 2.75) is 32.7 Å². The van der Waals surface area contributed by atoms with Crippen LogP contribution >= 0.6 is 0 Å². The summed E-state index contributed by atoms with van der Waals surface area (Å²) >= 11 is 0. The standard InChI is InChI=1S/C17H22N4O4/c1-9-16-12(13(10(2)22)7-21(16)8-15(23)24)4-14(20-9)11-5-18-17(25-3)19-6-11/h4,7,11,17-19H,5-6,8H2,1-3H3,(H,23,24). The molecule has 0 radical (unpaired) electrons. The van der Waals surface area contributed by atoms with Crippen LogP contribution in [0.3, 0.4) is 0 Å². The Morgan fingerprint density at radius 2 is 2.08 bits per heavy atom. The number of pyridine rings is 1. The van der Waals surface area contributed by atoms with Crippen LogP contribution < -0.4 is 10.6 Å². The lowest BCUT2D eigenvalue weighted by molar-refractivity contribution is -0.137. The van der Waals surface area contributed by atoms with E-state index in [4.69, 9.17) is 9.84 Å². The Balaban J connectivity index is 2.04. The number of carbonyl (C=O) groups excluding carboxylic acids is 1. The van der Waals surface area contributed by atoms with Gasteiger partial charge in [-0.05, 0) is 19.9 Å². The molecular weight excluding hydrogens is 324 g/mol. The van der Waals surface area contributed by atoms with Crippen LogP contribution in [0.1, 0.15) is 34.6 Å². The third-order valence-electron chi connectivity index (χ3n) is 4.49. The first-order valence-electron chi connectivity index (χ1n) is 8.13. The van der Waals surface area contributed by atoms with Crippen molar-refractivity contribution in [3.8, 4) is 0 Å². The van der Waals surface area contributed by atoms with Gasteiger partial charge >= 0.3 is 5.97 Å². The fourth-order valence-corrected chi connectivity index (χ4v) is 3.33. The van der Waals surface area contributed by atoms with Crippen LogP contribution in [0, 0.1) is 6.92 Å². The molecule has 0 aromatic carbocycles. The summed E-state index contributed by atoms with van der Waals surface area (Å²) in [6.45, 7) is 4.54. The van der Waals surface area contributed by atoms with E-state index < -0.39 is 5.97 Å². The smallest absolute Gasteiger partial charge is 0.323 e. The molecule has 0 bridgehead atoms. The van der Waals surface area contributed by atoms with Crippen LogP contribution in [0.15, 0.2) is 12.3 Å². The van der Waals surface area contributed by atoms with Crippen LogP contribution in [-0.2, 0) is 16.1 Å². The van der Waals surface area contributed by atoms with E-state index in [0.717, 1.165) is 16.8 Å². The maximum atomic E-state index is 12.0. The zero-order chi connectivity index (χ0) is 18.1. The van der Waals surface area contributed by atoms with E-state index in [1.807, 2.05) is 13.0 Å². The molecule has 2 aromatic heterocycles. The number of nitrogens with one attached hydrogen (secondary N) is 2. The number of aryl methyl sites for hydroxylation is 1. The lowest BCUT2D eigenvalue weighted by atomic mass is 10.00. The summed E-state index contributed by atoms with van der Waals surface area (Å²) in [4.78, 5) is 27.8. The molecule has 3 heterocycles. The van der Waals surface area contributed by atoms with E-state index in [9.17, 15) is 9.59 Å². The van der Waals surface area contributed by atoms with Crippen molar-refractivity contribution < 1.29 is 19.4 Å². The quantitative estimate of drug-likeness (QED) is 0.689. The molecule has 8 nitrogen and oxygen atoms in total. The Bertz CT molecular complexity index is 822. The van der Waals surface area contributed by atoms with Gasteiger partial charge in [0.1, 0.15) is 6.54 Å². The second-order valence-electron chi connectivity index (χ2n) is 6.28. The Kier molecular flexibility index (Phi) is 4.85. The van der Waals surface area contributed by atoms with Crippen molar-refractivity contribution in [3.63, 3.8) is 0 Å². The predicted molar refractivity (Wildman–Crippen MR) is 91.7 cm³/mol. The summed E-state index contributed by atoms with van der Waals surface area (Å²) in [5.41, 5.74) is 2.81. The Labute approximate surface area is 145 Å². The maximum Gasteiger partial charge on any atom is 0.323 e. The van der Waals surface area contributed by atoms with Gasteiger partial charge in [-0.15, -0.1) is 0 Å². The number of ether oxygens (including phenoxy) is 1. The number of aromatic nitrogens is 2. The first-order valence-corrected chi connectivity index (χ1v) is 8.13. The highest BCUT2D eigenvalue weighted by molar-refractivity contribution is 6.07. The van der Waals surface area contributed by atoms with Gasteiger partial charge in [0.15, 0.2) is 12.1 Å². The maximum absolute atomic E-state index is 12.0. The van der Waals surface area contributed by atoms with Crippen molar-refractivity contribution >= 4 is 22.7 Å². The van der Waals surface area contributed by atoms with Crippen molar-refractivity contribution in [2.24, 2.45) is 0 Å². The monoisotopic (exact) mass is 346 g/mol. The number of hydrogen-bond donors (Lipinski definition) is 3. The van der Waals surface area contributed by atoms with Gasteiger partial charge in [0, 0.05) is 49.0 Å². The van der Waals surface area contributed by atoms with Crippen LogP contribution in [-0.4, -0.2) is 53.0 Å². The lowest BCUT2D eigenvalue weighted by Gasteiger charge is -2.30. The Hall–Kier alpha value is -2.29. The number of ketones is 1. The molecule has 1 aliphatic rings. The Morgan fingerprint density at radius 1 is 1.40 bits per heavy atom. The van der Waals surface area contributed by atoms with Crippen LogP contribution in [0.2, 0.25) is 0 Å². The molecule has 0 unspecified atom stereocenters. The minimum atomic E-state index is -0.957. The van der Waals surface area contributed by atoms with Crippen LogP contribution in [0.5, 0.6) is 0 Å². The fourth-order valence-electron chi connectivity index (χ4n) is 3.33. The zero-order valence-electron chi connectivity index (χ0n) is 14.5. The van der Waals surface area contributed by atoms with Gasteiger partial charge in [-0.2, -0.15) is 0 Å². The topological polar surface area (TPSA) is 105 Å². The van der Waals surface area contributed by atoms with Gasteiger partial charge in [0.2, 0.25) is 0 Å². The second-order valence-corrected chi connectivity index (χ2v) is 6.28. The summed E-state index contributed by atoms with van der Waals surface area (Å²) in [7, 11) is 1.63. The molecule has 25 heavy (non-hydrogen) atoms. The van der Waals surface area contributed by atoms with Gasteiger partial charge in [-0.1, -0.05) is 0 Å². The number of Topliss-reactive ketones (excluding diaryl/α,β-unsaturated/α-hetero) is 1. The van der Waals surface area contributed by atoms with E-state index in [1.54, 1.807) is 17.9 Å². The third kappa shape index (κ3) is 3.41. The minimum absolute atomic E-state index is 0.0926. The molecule has 3 rings (SSSR count). The number of carbonyl (C=O) groups is 2. The normalized spacial score (nSPS) is 20.8.